The third kappa shape index (κ3) is 3.28. The summed E-state index contributed by atoms with van der Waals surface area (Å²) in [4.78, 5) is 4.24. The van der Waals surface area contributed by atoms with Gasteiger partial charge in [0, 0.05) is 12.6 Å². The van der Waals surface area contributed by atoms with E-state index in [0.29, 0.717) is 37.5 Å². The summed E-state index contributed by atoms with van der Waals surface area (Å²) >= 11 is 0. The fourth-order valence-corrected chi connectivity index (χ4v) is 1.98. The SMILES string of the molecule is CCOCc1noc(CNC2CCCC2)n1. The molecule has 90 valence electrons. The smallest absolute Gasteiger partial charge is 0.240 e. The molecule has 1 saturated carbocycles. The summed E-state index contributed by atoms with van der Waals surface area (Å²) in [6.45, 7) is 3.72. The first-order valence-electron chi connectivity index (χ1n) is 6.01. The Hall–Kier alpha value is -0.940. The molecule has 0 amide bonds. The lowest BCUT2D eigenvalue weighted by Gasteiger charge is -2.08. The van der Waals surface area contributed by atoms with E-state index < -0.39 is 0 Å². The molecule has 0 aliphatic heterocycles. The van der Waals surface area contributed by atoms with Crippen molar-refractivity contribution in [2.45, 2.75) is 51.8 Å². The van der Waals surface area contributed by atoms with Crippen molar-refractivity contribution in [3.63, 3.8) is 0 Å². The summed E-state index contributed by atoms with van der Waals surface area (Å²) in [7, 11) is 0. The molecule has 0 bridgehead atoms. The maximum Gasteiger partial charge on any atom is 0.240 e. The standard InChI is InChI=1S/C11H19N3O2/c1-2-15-8-10-13-11(16-14-10)7-12-9-5-3-4-6-9/h9,12H,2-8H2,1H3. The third-order valence-corrected chi connectivity index (χ3v) is 2.84. The van der Waals surface area contributed by atoms with Crippen LogP contribution in [0.15, 0.2) is 4.52 Å². The minimum absolute atomic E-state index is 0.434. The molecular formula is C11H19N3O2. The van der Waals surface area contributed by atoms with Crippen molar-refractivity contribution in [2.75, 3.05) is 6.61 Å². The monoisotopic (exact) mass is 225 g/mol. The van der Waals surface area contributed by atoms with Crippen LogP contribution in [0.1, 0.15) is 44.3 Å². The molecule has 0 unspecified atom stereocenters. The van der Waals surface area contributed by atoms with E-state index >= 15 is 0 Å². The number of aromatic nitrogens is 2. The van der Waals surface area contributed by atoms with E-state index in [4.69, 9.17) is 9.26 Å². The maximum absolute atomic E-state index is 5.21. The summed E-state index contributed by atoms with van der Waals surface area (Å²) in [5, 5.41) is 7.28. The lowest BCUT2D eigenvalue weighted by molar-refractivity contribution is 0.126. The first-order valence-corrected chi connectivity index (χ1v) is 6.01. The number of nitrogens with one attached hydrogen (secondary N) is 1. The number of nitrogens with zero attached hydrogens (tertiary/aromatic N) is 2. The Morgan fingerprint density at radius 1 is 1.44 bits per heavy atom. The number of rotatable bonds is 6. The van der Waals surface area contributed by atoms with Crippen molar-refractivity contribution in [3.8, 4) is 0 Å². The van der Waals surface area contributed by atoms with Gasteiger partial charge in [0.2, 0.25) is 5.89 Å². The predicted molar refractivity (Wildman–Crippen MR) is 58.7 cm³/mol. The van der Waals surface area contributed by atoms with E-state index in [2.05, 4.69) is 15.5 Å². The second-order valence-electron chi connectivity index (χ2n) is 4.10. The van der Waals surface area contributed by atoms with Gasteiger partial charge in [0.25, 0.3) is 0 Å². The highest BCUT2D eigenvalue weighted by molar-refractivity contribution is 4.85. The molecule has 1 aromatic rings. The first-order chi connectivity index (χ1) is 7.88. The summed E-state index contributed by atoms with van der Waals surface area (Å²) in [6.07, 6.45) is 5.19. The van der Waals surface area contributed by atoms with Crippen molar-refractivity contribution >= 4 is 0 Å². The molecule has 0 aromatic carbocycles. The summed E-state index contributed by atoms with van der Waals surface area (Å²) < 4.78 is 10.3. The molecule has 1 heterocycles. The van der Waals surface area contributed by atoms with Gasteiger partial charge >= 0.3 is 0 Å². The van der Waals surface area contributed by atoms with E-state index in [-0.39, 0.29) is 0 Å². The van der Waals surface area contributed by atoms with Crippen LogP contribution in [-0.4, -0.2) is 22.8 Å². The zero-order chi connectivity index (χ0) is 11.2. The molecule has 0 saturated heterocycles. The first kappa shape index (κ1) is 11.5. The molecule has 1 N–H and O–H groups in total. The van der Waals surface area contributed by atoms with Crippen LogP contribution in [0.5, 0.6) is 0 Å². The van der Waals surface area contributed by atoms with Gasteiger partial charge in [0.1, 0.15) is 6.61 Å². The van der Waals surface area contributed by atoms with E-state index in [1.165, 1.54) is 25.7 Å². The van der Waals surface area contributed by atoms with E-state index in [0.717, 1.165) is 0 Å². The normalized spacial score (nSPS) is 17.1. The molecule has 1 aromatic heterocycles. The van der Waals surface area contributed by atoms with Gasteiger partial charge in [0.05, 0.1) is 6.54 Å². The zero-order valence-electron chi connectivity index (χ0n) is 9.74. The second-order valence-corrected chi connectivity index (χ2v) is 4.10. The van der Waals surface area contributed by atoms with Crippen molar-refractivity contribution < 1.29 is 9.26 Å². The van der Waals surface area contributed by atoms with Gasteiger partial charge in [-0.1, -0.05) is 18.0 Å². The van der Waals surface area contributed by atoms with Gasteiger partial charge in [-0.25, -0.2) is 0 Å². The largest absolute Gasteiger partial charge is 0.374 e. The highest BCUT2D eigenvalue weighted by Gasteiger charge is 2.15. The minimum Gasteiger partial charge on any atom is -0.374 e. The predicted octanol–water partition coefficient (Wildman–Crippen LogP) is 1.64. The van der Waals surface area contributed by atoms with Gasteiger partial charge in [-0.15, -0.1) is 0 Å². The van der Waals surface area contributed by atoms with Gasteiger partial charge in [0.15, 0.2) is 5.82 Å². The van der Waals surface area contributed by atoms with E-state index in [1.807, 2.05) is 6.92 Å². The van der Waals surface area contributed by atoms with Gasteiger partial charge in [-0.3, -0.25) is 0 Å². The van der Waals surface area contributed by atoms with Crippen molar-refractivity contribution in [1.82, 2.24) is 15.5 Å². The molecule has 1 fully saturated rings. The Morgan fingerprint density at radius 2 is 2.25 bits per heavy atom. The van der Waals surface area contributed by atoms with Crippen molar-refractivity contribution in [1.29, 1.82) is 0 Å². The Morgan fingerprint density at radius 3 is 3.00 bits per heavy atom. The highest BCUT2D eigenvalue weighted by atomic mass is 16.5. The van der Waals surface area contributed by atoms with Gasteiger partial charge in [-0.05, 0) is 19.8 Å². The molecule has 5 heteroatoms. The van der Waals surface area contributed by atoms with Crippen LogP contribution in [0, 0.1) is 0 Å². The zero-order valence-corrected chi connectivity index (χ0v) is 9.74. The molecule has 0 radical (unpaired) electrons. The second kappa shape index (κ2) is 5.96. The number of hydrogen-bond donors (Lipinski definition) is 1. The van der Waals surface area contributed by atoms with Crippen molar-refractivity contribution in [3.05, 3.63) is 11.7 Å². The van der Waals surface area contributed by atoms with Crippen LogP contribution in [0.4, 0.5) is 0 Å². The Balaban J connectivity index is 1.73. The summed E-state index contributed by atoms with van der Waals surface area (Å²) in [5.41, 5.74) is 0. The topological polar surface area (TPSA) is 60.2 Å². The lowest BCUT2D eigenvalue weighted by Crippen LogP contribution is -2.25. The van der Waals surface area contributed by atoms with E-state index in [1.54, 1.807) is 0 Å². The number of hydrogen-bond acceptors (Lipinski definition) is 5. The van der Waals surface area contributed by atoms with Gasteiger partial charge < -0.3 is 14.6 Å². The van der Waals surface area contributed by atoms with E-state index in [9.17, 15) is 0 Å². The molecular weight excluding hydrogens is 206 g/mol. The van der Waals surface area contributed by atoms with Gasteiger partial charge in [-0.2, -0.15) is 4.98 Å². The Kier molecular flexibility index (Phi) is 4.30. The summed E-state index contributed by atoms with van der Waals surface area (Å²) in [5.74, 6) is 1.28. The minimum atomic E-state index is 0.434. The fraction of sp³-hybridized carbons (Fsp3) is 0.818. The molecule has 0 atom stereocenters. The van der Waals surface area contributed by atoms with Crippen LogP contribution in [0.3, 0.4) is 0 Å². The molecule has 0 spiro atoms. The third-order valence-electron chi connectivity index (χ3n) is 2.84. The summed E-state index contributed by atoms with van der Waals surface area (Å²) in [6, 6.07) is 0.627. The molecule has 16 heavy (non-hydrogen) atoms. The van der Waals surface area contributed by atoms with Crippen LogP contribution in [-0.2, 0) is 17.9 Å². The Labute approximate surface area is 95.6 Å². The maximum atomic E-state index is 5.21. The van der Waals surface area contributed by atoms with Crippen LogP contribution < -0.4 is 5.32 Å². The van der Waals surface area contributed by atoms with Crippen LogP contribution in [0.2, 0.25) is 0 Å². The average Bonchev–Trinajstić information content (AvgIpc) is 2.95. The number of ether oxygens (including phenoxy) is 1. The molecule has 5 nitrogen and oxygen atoms in total. The van der Waals surface area contributed by atoms with Crippen molar-refractivity contribution in [2.24, 2.45) is 0 Å². The quantitative estimate of drug-likeness (QED) is 0.797. The Bertz CT molecular complexity index is 308. The highest BCUT2D eigenvalue weighted by Crippen LogP contribution is 2.17. The molecule has 2 rings (SSSR count). The average molecular weight is 225 g/mol. The van der Waals surface area contributed by atoms with Crippen LogP contribution >= 0.6 is 0 Å². The van der Waals surface area contributed by atoms with Crippen LogP contribution in [0.25, 0.3) is 0 Å². The fourth-order valence-electron chi connectivity index (χ4n) is 1.98. The molecule has 1 aliphatic rings. The molecule has 1 aliphatic carbocycles. The lowest BCUT2D eigenvalue weighted by atomic mass is 10.2.